The fraction of sp³-hybridized carbons (Fsp3) is 0.250. The standard InChI is InChI=1S/C16H16N6O4S/c1-10-17-13(22(24)25)9-21(10)7-6-14(23)18-16-19-15(20-27-16)11-4-3-5-12(8-11)26-2/h3-5,8-9H,6-7H2,1-2H3,(H,18,19,20,23). The molecule has 1 N–H and O–H groups in total. The van der Waals surface area contributed by atoms with Gasteiger partial charge in [-0.25, -0.2) is 0 Å². The van der Waals surface area contributed by atoms with Gasteiger partial charge in [0.15, 0.2) is 5.82 Å². The molecule has 1 aromatic carbocycles. The average molecular weight is 388 g/mol. The van der Waals surface area contributed by atoms with Gasteiger partial charge in [0.25, 0.3) is 0 Å². The predicted octanol–water partition coefficient (Wildman–Crippen LogP) is 2.66. The molecule has 1 amide bonds. The van der Waals surface area contributed by atoms with E-state index in [0.717, 1.165) is 17.1 Å². The summed E-state index contributed by atoms with van der Waals surface area (Å²) in [7, 11) is 1.58. The SMILES string of the molecule is COc1cccc(-c2nsc(NC(=O)CCn3cc([N+](=O)[O-])nc3C)n2)c1. The maximum absolute atomic E-state index is 12.1. The zero-order valence-electron chi connectivity index (χ0n) is 14.6. The third-order valence-electron chi connectivity index (χ3n) is 3.73. The van der Waals surface area contributed by atoms with Crippen LogP contribution in [0.1, 0.15) is 12.2 Å². The first-order valence-electron chi connectivity index (χ1n) is 7.92. The lowest BCUT2D eigenvalue weighted by Gasteiger charge is -2.03. The number of carbonyl (C=O) groups excluding carboxylic acids is 1. The normalized spacial score (nSPS) is 10.6. The average Bonchev–Trinajstić information content (AvgIpc) is 3.27. The maximum atomic E-state index is 12.1. The van der Waals surface area contributed by atoms with Gasteiger partial charge in [0.2, 0.25) is 16.9 Å². The quantitative estimate of drug-likeness (QED) is 0.487. The van der Waals surface area contributed by atoms with Gasteiger partial charge in [-0.3, -0.25) is 4.79 Å². The maximum Gasteiger partial charge on any atom is 0.381 e. The van der Waals surface area contributed by atoms with E-state index in [1.165, 1.54) is 6.20 Å². The van der Waals surface area contributed by atoms with Gasteiger partial charge in [-0.2, -0.15) is 9.36 Å². The number of aryl methyl sites for hydroxylation is 2. The molecule has 0 fully saturated rings. The zero-order chi connectivity index (χ0) is 19.4. The molecule has 140 valence electrons. The molecule has 27 heavy (non-hydrogen) atoms. The number of carbonyl (C=O) groups is 1. The van der Waals surface area contributed by atoms with Crippen LogP contribution in [0.5, 0.6) is 5.75 Å². The number of nitrogens with zero attached hydrogens (tertiary/aromatic N) is 5. The van der Waals surface area contributed by atoms with Crippen LogP contribution in [0, 0.1) is 17.0 Å². The molecule has 10 nitrogen and oxygen atoms in total. The molecule has 0 aliphatic heterocycles. The summed E-state index contributed by atoms with van der Waals surface area (Å²) in [6.45, 7) is 1.93. The molecule has 0 spiro atoms. The second-order valence-electron chi connectivity index (χ2n) is 5.55. The Labute approximate surface area is 158 Å². The summed E-state index contributed by atoms with van der Waals surface area (Å²) in [6, 6.07) is 7.31. The van der Waals surface area contributed by atoms with Crippen molar-refractivity contribution in [3.63, 3.8) is 0 Å². The van der Waals surface area contributed by atoms with Crippen molar-refractivity contribution in [3.8, 4) is 17.1 Å². The summed E-state index contributed by atoms with van der Waals surface area (Å²) < 4.78 is 11.0. The topological polar surface area (TPSA) is 125 Å². The minimum absolute atomic E-state index is 0.127. The van der Waals surface area contributed by atoms with Crippen molar-refractivity contribution in [3.05, 3.63) is 46.4 Å². The number of hydrogen-bond donors (Lipinski definition) is 1. The fourth-order valence-corrected chi connectivity index (χ4v) is 2.97. The van der Waals surface area contributed by atoms with E-state index < -0.39 is 4.92 Å². The largest absolute Gasteiger partial charge is 0.497 e. The number of rotatable bonds is 7. The Morgan fingerprint density at radius 1 is 1.41 bits per heavy atom. The van der Waals surface area contributed by atoms with E-state index in [1.807, 2.05) is 24.3 Å². The van der Waals surface area contributed by atoms with E-state index in [2.05, 4.69) is 19.7 Å². The van der Waals surface area contributed by atoms with Crippen LogP contribution >= 0.6 is 11.5 Å². The smallest absolute Gasteiger partial charge is 0.381 e. The second kappa shape index (κ2) is 7.91. The Kier molecular flexibility index (Phi) is 5.41. The molecule has 0 aliphatic carbocycles. The highest BCUT2D eigenvalue weighted by atomic mass is 32.1. The Bertz CT molecular complexity index is 983. The molecule has 3 rings (SSSR count). The molecule has 0 atom stereocenters. The van der Waals surface area contributed by atoms with Gasteiger partial charge in [-0.1, -0.05) is 12.1 Å². The van der Waals surface area contributed by atoms with Crippen LogP contribution in [-0.2, 0) is 11.3 Å². The minimum atomic E-state index is -0.565. The van der Waals surface area contributed by atoms with Crippen molar-refractivity contribution in [1.29, 1.82) is 0 Å². The lowest BCUT2D eigenvalue weighted by Crippen LogP contribution is -2.14. The van der Waals surface area contributed by atoms with Gasteiger partial charge in [-0.05, 0) is 22.0 Å². The number of hydrogen-bond acceptors (Lipinski definition) is 8. The zero-order valence-corrected chi connectivity index (χ0v) is 15.4. The molecule has 2 aromatic heterocycles. The monoisotopic (exact) mass is 388 g/mol. The van der Waals surface area contributed by atoms with Crippen molar-refractivity contribution in [2.24, 2.45) is 0 Å². The van der Waals surface area contributed by atoms with E-state index in [9.17, 15) is 14.9 Å². The highest BCUT2D eigenvalue weighted by Gasteiger charge is 2.16. The van der Waals surface area contributed by atoms with Gasteiger partial charge < -0.3 is 24.7 Å². The lowest BCUT2D eigenvalue weighted by molar-refractivity contribution is -0.389. The first-order valence-corrected chi connectivity index (χ1v) is 8.70. The van der Waals surface area contributed by atoms with Gasteiger partial charge in [0.1, 0.15) is 11.9 Å². The number of benzene rings is 1. The highest BCUT2D eigenvalue weighted by Crippen LogP contribution is 2.24. The van der Waals surface area contributed by atoms with E-state index in [-0.39, 0.29) is 24.7 Å². The third kappa shape index (κ3) is 4.44. The number of nitro groups is 1. The second-order valence-corrected chi connectivity index (χ2v) is 6.30. The molecule has 0 bridgehead atoms. The Morgan fingerprint density at radius 3 is 2.93 bits per heavy atom. The summed E-state index contributed by atoms with van der Waals surface area (Å²) >= 11 is 1.08. The molecule has 3 aromatic rings. The number of aromatic nitrogens is 4. The fourth-order valence-electron chi connectivity index (χ4n) is 2.36. The van der Waals surface area contributed by atoms with E-state index in [0.29, 0.717) is 22.5 Å². The number of nitrogens with one attached hydrogen (secondary N) is 1. The third-order valence-corrected chi connectivity index (χ3v) is 4.36. The van der Waals surface area contributed by atoms with Crippen LogP contribution in [0.15, 0.2) is 30.5 Å². The van der Waals surface area contributed by atoms with Crippen LogP contribution in [0.25, 0.3) is 11.4 Å². The van der Waals surface area contributed by atoms with Crippen molar-refractivity contribution < 1.29 is 14.5 Å². The predicted molar refractivity (Wildman–Crippen MR) is 98.8 cm³/mol. The Hall–Kier alpha value is -3.34. The molecule has 0 aliphatic rings. The first kappa shape index (κ1) is 18.5. The van der Waals surface area contributed by atoms with Crippen LogP contribution in [0.2, 0.25) is 0 Å². The summed E-state index contributed by atoms with van der Waals surface area (Å²) in [6.07, 6.45) is 1.44. The number of methoxy groups -OCH3 is 1. The van der Waals surface area contributed by atoms with Crippen molar-refractivity contribution in [1.82, 2.24) is 18.9 Å². The molecule has 0 radical (unpaired) electrons. The van der Waals surface area contributed by atoms with Gasteiger partial charge in [0.05, 0.1) is 7.11 Å². The number of amides is 1. The summed E-state index contributed by atoms with van der Waals surface area (Å²) in [5, 5.41) is 13.8. The molecule has 11 heteroatoms. The Balaban J connectivity index is 1.60. The van der Waals surface area contributed by atoms with E-state index in [1.54, 1.807) is 18.6 Å². The number of anilines is 1. The van der Waals surface area contributed by atoms with Crippen LogP contribution in [-0.4, -0.2) is 36.8 Å². The summed E-state index contributed by atoms with van der Waals surface area (Å²) in [5.74, 6) is 1.16. The molecular formula is C16H16N6O4S. The van der Waals surface area contributed by atoms with E-state index >= 15 is 0 Å². The lowest BCUT2D eigenvalue weighted by atomic mass is 10.2. The number of ether oxygens (including phenoxy) is 1. The molecule has 0 unspecified atom stereocenters. The van der Waals surface area contributed by atoms with Crippen molar-refractivity contribution >= 4 is 28.4 Å². The van der Waals surface area contributed by atoms with Gasteiger partial charge >= 0.3 is 5.82 Å². The van der Waals surface area contributed by atoms with Crippen LogP contribution < -0.4 is 10.1 Å². The van der Waals surface area contributed by atoms with Crippen molar-refractivity contribution in [2.75, 3.05) is 12.4 Å². The van der Waals surface area contributed by atoms with Gasteiger partial charge in [-0.15, -0.1) is 0 Å². The summed E-state index contributed by atoms with van der Waals surface area (Å²) in [5.41, 5.74) is 0.785. The van der Waals surface area contributed by atoms with Gasteiger partial charge in [0, 0.05) is 37.0 Å². The molecular weight excluding hydrogens is 372 g/mol. The summed E-state index contributed by atoms with van der Waals surface area (Å²) in [4.78, 5) is 30.4. The molecule has 0 saturated carbocycles. The van der Waals surface area contributed by atoms with Crippen LogP contribution in [0.4, 0.5) is 10.9 Å². The molecule has 0 saturated heterocycles. The highest BCUT2D eigenvalue weighted by molar-refractivity contribution is 7.10. The molecule has 2 heterocycles. The van der Waals surface area contributed by atoms with Crippen molar-refractivity contribution in [2.45, 2.75) is 19.9 Å². The van der Waals surface area contributed by atoms with Crippen LogP contribution in [0.3, 0.4) is 0 Å². The minimum Gasteiger partial charge on any atom is -0.497 e. The van der Waals surface area contributed by atoms with E-state index in [4.69, 9.17) is 4.74 Å². The number of imidazole rings is 1. The first-order chi connectivity index (χ1) is 13.0. The Morgan fingerprint density at radius 2 is 2.22 bits per heavy atom.